The van der Waals surface area contributed by atoms with Crippen molar-refractivity contribution < 1.29 is 9.53 Å². The summed E-state index contributed by atoms with van der Waals surface area (Å²) in [7, 11) is 0. The number of rotatable bonds is 4. The minimum absolute atomic E-state index is 0.279. The summed E-state index contributed by atoms with van der Waals surface area (Å²) in [5.74, 6) is 5.52. The molecule has 0 unspecified atom stereocenters. The van der Waals surface area contributed by atoms with Crippen molar-refractivity contribution in [2.75, 3.05) is 6.61 Å². The van der Waals surface area contributed by atoms with Crippen LogP contribution in [0.15, 0.2) is 6.07 Å². The molecule has 0 aliphatic rings. The van der Waals surface area contributed by atoms with Crippen molar-refractivity contribution in [2.45, 2.75) is 33.1 Å². The van der Waals surface area contributed by atoms with E-state index in [-0.39, 0.29) is 5.69 Å². The van der Waals surface area contributed by atoms with Gasteiger partial charge in [0.05, 0.1) is 6.61 Å². The van der Waals surface area contributed by atoms with E-state index in [4.69, 9.17) is 4.74 Å². The summed E-state index contributed by atoms with van der Waals surface area (Å²) in [6, 6.07) is 1.61. The van der Waals surface area contributed by atoms with Gasteiger partial charge in [-0.15, -0.1) is 0 Å². The number of nitrogens with one attached hydrogen (secondary N) is 1. The third kappa shape index (κ3) is 3.77. The van der Waals surface area contributed by atoms with Gasteiger partial charge in [0, 0.05) is 12.5 Å². The number of carbonyl (C=O) groups excluding carboxylic acids is 1. The lowest BCUT2D eigenvalue weighted by molar-refractivity contribution is 0.0519. The Bertz CT molecular complexity index is 399. The van der Waals surface area contributed by atoms with Crippen molar-refractivity contribution in [1.82, 2.24) is 10.2 Å². The van der Waals surface area contributed by atoms with Crippen LogP contribution in [0, 0.1) is 11.8 Å². The highest BCUT2D eigenvalue weighted by atomic mass is 16.5. The molecule has 0 radical (unpaired) electrons. The van der Waals surface area contributed by atoms with Gasteiger partial charge in [0.25, 0.3) is 0 Å². The lowest BCUT2D eigenvalue weighted by Gasteiger charge is -1.94. The summed E-state index contributed by atoms with van der Waals surface area (Å²) in [4.78, 5) is 11.3. The molecular formula is C12H16N2O2. The molecule has 0 saturated carbocycles. The molecule has 1 aromatic rings. The molecule has 0 amide bonds. The molecule has 0 bridgehead atoms. The summed E-state index contributed by atoms with van der Waals surface area (Å²) in [6.45, 7) is 4.23. The number of unbranched alkanes of at least 4 members (excludes halogenated alkanes) is 2. The van der Waals surface area contributed by atoms with Gasteiger partial charge in [0.1, 0.15) is 5.69 Å². The van der Waals surface area contributed by atoms with Crippen LogP contribution in [0.1, 0.15) is 49.3 Å². The van der Waals surface area contributed by atoms with Gasteiger partial charge in [0.15, 0.2) is 5.69 Å². The smallest absolute Gasteiger partial charge is 0.358 e. The molecule has 0 aliphatic heterocycles. The van der Waals surface area contributed by atoms with Crippen LogP contribution in [-0.2, 0) is 4.74 Å². The molecule has 0 fully saturated rings. The molecule has 0 aromatic carbocycles. The zero-order valence-corrected chi connectivity index (χ0v) is 9.67. The van der Waals surface area contributed by atoms with E-state index in [0.29, 0.717) is 12.3 Å². The van der Waals surface area contributed by atoms with Crippen molar-refractivity contribution >= 4 is 5.97 Å². The average molecular weight is 220 g/mol. The Labute approximate surface area is 95.4 Å². The van der Waals surface area contributed by atoms with Gasteiger partial charge >= 0.3 is 5.97 Å². The number of hydrogen-bond donors (Lipinski definition) is 1. The van der Waals surface area contributed by atoms with Crippen LogP contribution in [-0.4, -0.2) is 22.8 Å². The SMILES string of the molecule is CCCCC#Cc1cc(C(=O)OCC)n[nH]1. The largest absolute Gasteiger partial charge is 0.461 e. The number of H-pyrrole nitrogens is 1. The summed E-state index contributed by atoms with van der Waals surface area (Å²) >= 11 is 0. The second kappa shape index (κ2) is 6.67. The summed E-state index contributed by atoms with van der Waals surface area (Å²) < 4.78 is 4.81. The van der Waals surface area contributed by atoms with Crippen LogP contribution in [0.4, 0.5) is 0 Å². The van der Waals surface area contributed by atoms with Crippen molar-refractivity contribution in [3.8, 4) is 11.8 Å². The predicted molar refractivity (Wildman–Crippen MR) is 60.9 cm³/mol. The third-order valence-corrected chi connectivity index (χ3v) is 1.94. The monoisotopic (exact) mass is 220 g/mol. The Hall–Kier alpha value is -1.76. The first-order valence-corrected chi connectivity index (χ1v) is 5.49. The van der Waals surface area contributed by atoms with Crippen LogP contribution < -0.4 is 0 Å². The molecule has 86 valence electrons. The summed E-state index contributed by atoms with van der Waals surface area (Å²) in [5.41, 5.74) is 0.931. The van der Waals surface area contributed by atoms with Gasteiger partial charge in [0.2, 0.25) is 0 Å². The van der Waals surface area contributed by atoms with Crippen LogP contribution in [0.3, 0.4) is 0 Å². The van der Waals surface area contributed by atoms with Crippen LogP contribution in [0.2, 0.25) is 0 Å². The molecule has 0 aliphatic carbocycles. The standard InChI is InChI=1S/C12H16N2O2/c1-3-5-6-7-8-10-9-11(14-13-10)12(15)16-4-2/h9H,3-6H2,1-2H3,(H,13,14). The van der Waals surface area contributed by atoms with Crippen molar-refractivity contribution in [3.63, 3.8) is 0 Å². The highest BCUT2D eigenvalue weighted by molar-refractivity contribution is 5.87. The maximum atomic E-state index is 11.3. The Morgan fingerprint density at radius 1 is 1.56 bits per heavy atom. The van der Waals surface area contributed by atoms with Gasteiger partial charge in [-0.25, -0.2) is 4.79 Å². The first kappa shape index (κ1) is 12.3. The van der Waals surface area contributed by atoms with E-state index >= 15 is 0 Å². The zero-order valence-electron chi connectivity index (χ0n) is 9.67. The normalized spacial score (nSPS) is 9.38. The Kier molecular flexibility index (Phi) is 5.13. The number of carbonyl (C=O) groups is 1. The van der Waals surface area contributed by atoms with E-state index in [0.717, 1.165) is 19.3 Å². The number of esters is 1. The first-order valence-electron chi connectivity index (χ1n) is 5.49. The molecule has 1 heterocycles. The predicted octanol–water partition coefficient (Wildman–Crippen LogP) is 2.13. The molecule has 4 nitrogen and oxygen atoms in total. The fourth-order valence-corrected chi connectivity index (χ4v) is 1.12. The zero-order chi connectivity index (χ0) is 11.8. The van der Waals surface area contributed by atoms with Gasteiger partial charge in [-0.1, -0.05) is 19.3 Å². The van der Waals surface area contributed by atoms with E-state index < -0.39 is 5.97 Å². The maximum Gasteiger partial charge on any atom is 0.358 e. The summed E-state index contributed by atoms with van der Waals surface area (Å²) in [6.07, 6.45) is 3.09. The number of nitrogens with zero attached hydrogens (tertiary/aromatic N) is 1. The number of aromatic amines is 1. The second-order valence-corrected chi connectivity index (χ2v) is 3.29. The maximum absolute atomic E-state index is 11.3. The molecular weight excluding hydrogens is 204 g/mol. The average Bonchev–Trinajstić information content (AvgIpc) is 2.73. The van der Waals surface area contributed by atoms with E-state index in [1.807, 2.05) is 0 Å². The van der Waals surface area contributed by atoms with Crippen LogP contribution in [0.25, 0.3) is 0 Å². The highest BCUT2D eigenvalue weighted by Gasteiger charge is 2.09. The highest BCUT2D eigenvalue weighted by Crippen LogP contribution is 2.00. The second-order valence-electron chi connectivity index (χ2n) is 3.29. The molecule has 1 aromatic heterocycles. The van der Waals surface area contributed by atoms with E-state index in [1.54, 1.807) is 13.0 Å². The van der Waals surface area contributed by atoms with Crippen LogP contribution in [0.5, 0.6) is 0 Å². The fraction of sp³-hybridized carbons (Fsp3) is 0.500. The third-order valence-electron chi connectivity index (χ3n) is 1.94. The minimum Gasteiger partial charge on any atom is -0.461 e. The Morgan fingerprint density at radius 3 is 3.06 bits per heavy atom. The van der Waals surface area contributed by atoms with Crippen molar-refractivity contribution in [1.29, 1.82) is 0 Å². The van der Waals surface area contributed by atoms with Gasteiger partial charge in [-0.2, -0.15) is 5.10 Å². The molecule has 0 saturated heterocycles. The number of aromatic nitrogens is 2. The van der Waals surface area contributed by atoms with Gasteiger partial charge < -0.3 is 4.74 Å². The topological polar surface area (TPSA) is 55.0 Å². The number of ether oxygens (including phenoxy) is 1. The van der Waals surface area contributed by atoms with Crippen molar-refractivity contribution in [3.05, 3.63) is 17.5 Å². The van der Waals surface area contributed by atoms with E-state index in [9.17, 15) is 4.79 Å². The minimum atomic E-state index is -0.416. The number of hydrogen-bond acceptors (Lipinski definition) is 3. The Morgan fingerprint density at radius 2 is 2.38 bits per heavy atom. The first-order chi connectivity index (χ1) is 7.77. The van der Waals surface area contributed by atoms with Crippen molar-refractivity contribution in [2.24, 2.45) is 0 Å². The molecule has 4 heteroatoms. The molecule has 0 spiro atoms. The van der Waals surface area contributed by atoms with Gasteiger partial charge in [-0.3, -0.25) is 5.10 Å². The quantitative estimate of drug-likeness (QED) is 0.480. The Balaban J connectivity index is 2.56. The molecule has 16 heavy (non-hydrogen) atoms. The van der Waals surface area contributed by atoms with E-state index in [2.05, 4.69) is 29.0 Å². The molecule has 1 N–H and O–H groups in total. The molecule has 1 rings (SSSR count). The van der Waals surface area contributed by atoms with Crippen LogP contribution >= 0.6 is 0 Å². The molecule has 0 atom stereocenters. The summed E-state index contributed by atoms with van der Waals surface area (Å²) in [5, 5.41) is 6.53. The van der Waals surface area contributed by atoms with E-state index in [1.165, 1.54) is 0 Å². The van der Waals surface area contributed by atoms with Gasteiger partial charge in [-0.05, 0) is 19.3 Å². The lowest BCUT2D eigenvalue weighted by atomic mass is 10.2. The fourth-order valence-electron chi connectivity index (χ4n) is 1.12. The lowest BCUT2D eigenvalue weighted by Crippen LogP contribution is -2.04.